The third-order valence-corrected chi connectivity index (χ3v) is 5.88. The molecule has 0 radical (unpaired) electrons. The molecule has 28 heavy (non-hydrogen) atoms. The molecule has 0 spiro atoms. The highest BCUT2D eigenvalue weighted by atomic mass is 32.2. The fourth-order valence-corrected chi connectivity index (χ4v) is 4.03. The van der Waals surface area contributed by atoms with E-state index in [0.29, 0.717) is 22.3 Å². The van der Waals surface area contributed by atoms with Crippen LogP contribution in [0.5, 0.6) is 0 Å². The van der Waals surface area contributed by atoms with Gasteiger partial charge in [-0.3, -0.25) is 10.2 Å². The lowest BCUT2D eigenvalue weighted by molar-refractivity contribution is 0.0696. The number of hydrogen-bond donors (Lipinski definition) is 3. The molecule has 0 aliphatic carbocycles. The van der Waals surface area contributed by atoms with E-state index < -0.39 is 21.9 Å². The fourth-order valence-electron chi connectivity index (χ4n) is 2.85. The summed E-state index contributed by atoms with van der Waals surface area (Å²) < 4.78 is 30.7. The Morgan fingerprint density at radius 3 is 2.36 bits per heavy atom. The van der Waals surface area contributed by atoms with Crippen LogP contribution in [0.25, 0.3) is 11.0 Å². The average Bonchev–Trinajstić information content (AvgIpc) is 2.98. The Morgan fingerprint density at radius 2 is 1.71 bits per heavy atom. The van der Waals surface area contributed by atoms with Crippen LogP contribution in [0, 0.1) is 20.8 Å². The Kier molecular flexibility index (Phi) is 4.97. The summed E-state index contributed by atoms with van der Waals surface area (Å²) in [6.45, 7) is 4.86. The number of carbonyl (C=O) groups excluding carboxylic acids is 1. The monoisotopic (exact) mass is 402 g/mol. The number of sulfonamides is 1. The summed E-state index contributed by atoms with van der Waals surface area (Å²) in [4.78, 5) is 25.4. The number of para-hydroxylation sites is 1. The molecule has 146 valence electrons. The van der Waals surface area contributed by atoms with E-state index in [0.717, 1.165) is 11.5 Å². The molecule has 1 heterocycles. The smallest absolute Gasteiger partial charge is 0.335 e. The predicted octanol–water partition coefficient (Wildman–Crippen LogP) is 2.68. The maximum Gasteiger partial charge on any atom is 0.335 e. The Morgan fingerprint density at radius 1 is 1.04 bits per heavy atom. The van der Waals surface area contributed by atoms with E-state index in [9.17, 15) is 18.0 Å². The van der Waals surface area contributed by atoms with Crippen LogP contribution in [0.1, 0.15) is 37.6 Å². The number of furan rings is 1. The molecule has 3 aromatic rings. The van der Waals surface area contributed by atoms with Gasteiger partial charge in [-0.1, -0.05) is 18.2 Å². The third kappa shape index (κ3) is 3.49. The molecule has 9 heteroatoms. The van der Waals surface area contributed by atoms with Crippen molar-refractivity contribution in [2.75, 3.05) is 0 Å². The van der Waals surface area contributed by atoms with E-state index in [2.05, 4.69) is 5.43 Å². The summed E-state index contributed by atoms with van der Waals surface area (Å²) in [7, 11) is -4.20. The Balaban J connectivity index is 1.88. The highest BCUT2D eigenvalue weighted by Gasteiger charge is 2.23. The molecule has 8 nitrogen and oxygen atoms in total. The molecule has 0 saturated carbocycles. The minimum absolute atomic E-state index is 0.0175. The third-order valence-electron chi connectivity index (χ3n) is 4.51. The number of carboxylic acids is 1. The van der Waals surface area contributed by atoms with Crippen LogP contribution in [0.3, 0.4) is 0 Å². The van der Waals surface area contributed by atoms with Crippen molar-refractivity contribution in [1.82, 2.24) is 10.3 Å². The molecule has 0 bridgehead atoms. The maximum atomic E-state index is 12.6. The predicted molar refractivity (Wildman–Crippen MR) is 102 cm³/mol. The van der Waals surface area contributed by atoms with Gasteiger partial charge in [-0.15, -0.1) is 4.83 Å². The second-order valence-corrected chi connectivity index (χ2v) is 7.98. The largest absolute Gasteiger partial charge is 0.478 e. The zero-order valence-electron chi connectivity index (χ0n) is 15.4. The number of nitrogens with one attached hydrogen (secondary N) is 2. The summed E-state index contributed by atoms with van der Waals surface area (Å²) >= 11 is 0. The van der Waals surface area contributed by atoms with Crippen molar-refractivity contribution in [3.8, 4) is 0 Å². The highest BCUT2D eigenvalue weighted by molar-refractivity contribution is 7.89. The second-order valence-electron chi connectivity index (χ2n) is 6.33. The van der Waals surface area contributed by atoms with Gasteiger partial charge in [0.15, 0.2) is 5.76 Å². The minimum Gasteiger partial charge on any atom is -0.478 e. The number of fused-ring (bicyclic) bond motifs is 1. The van der Waals surface area contributed by atoms with E-state index in [1.165, 1.54) is 6.07 Å². The SMILES string of the molecule is Cc1cc(C(=O)O)cc(S(=O)(=O)NNC(=O)c2oc3ccccc3c2C)c1C. The molecule has 3 rings (SSSR count). The first kappa shape index (κ1) is 19.6. The van der Waals surface area contributed by atoms with Crippen LogP contribution in [0.15, 0.2) is 45.7 Å². The van der Waals surface area contributed by atoms with Crippen molar-refractivity contribution < 1.29 is 27.5 Å². The summed E-state index contributed by atoms with van der Waals surface area (Å²) in [6.07, 6.45) is 0. The van der Waals surface area contributed by atoms with E-state index in [1.54, 1.807) is 45.0 Å². The molecular weight excluding hydrogens is 384 g/mol. The van der Waals surface area contributed by atoms with E-state index in [-0.39, 0.29) is 16.2 Å². The molecule has 0 atom stereocenters. The van der Waals surface area contributed by atoms with Crippen molar-refractivity contribution in [2.45, 2.75) is 25.7 Å². The Labute approximate surface area is 161 Å². The molecule has 1 amide bonds. The number of carboxylic acid groups (broad SMARTS) is 1. The molecule has 0 aliphatic heterocycles. The molecule has 0 fully saturated rings. The lowest BCUT2D eigenvalue weighted by Crippen LogP contribution is -2.42. The number of hydrogen-bond acceptors (Lipinski definition) is 5. The number of aromatic carboxylic acids is 1. The number of amides is 1. The summed E-state index contributed by atoms with van der Waals surface area (Å²) in [5.74, 6) is -2.03. The quantitative estimate of drug-likeness (QED) is 0.564. The van der Waals surface area contributed by atoms with Gasteiger partial charge >= 0.3 is 11.9 Å². The van der Waals surface area contributed by atoms with Crippen LogP contribution in [-0.4, -0.2) is 25.4 Å². The van der Waals surface area contributed by atoms with Crippen molar-refractivity contribution in [1.29, 1.82) is 0 Å². The first-order chi connectivity index (χ1) is 13.1. The zero-order chi connectivity index (χ0) is 20.6. The number of rotatable bonds is 5. The van der Waals surface area contributed by atoms with Gasteiger partial charge in [0.2, 0.25) is 0 Å². The second kappa shape index (κ2) is 7.10. The van der Waals surface area contributed by atoms with Gasteiger partial charge in [0.1, 0.15) is 5.58 Å². The number of benzene rings is 2. The summed E-state index contributed by atoms with van der Waals surface area (Å²) in [5.41, 5.74) is 3.92. The maximum absolute atomic E-state index is 12.6. The lowest BCUT2D eigenvalue weighted by Gasteiger charge is -2.12. The van der Waals surface area contributed by atoms with Gasteiger partial charge in [-0.2, -0.15) is 0 Å². The first-order valence-electron chi connectivity index (χ1n) is 8.26. The van der Waals surface area contributed by atoms with Crippen LogP contribution in [0.4, 0.5) is 0 Å². The minimum atomic E-state index is -4.20. The van der Waals surface area contributed by atoms with Gasteiger partial charge in [0, 0.05) is 10.9 Å². The van der Waals surface area contributed by atoms with Crippen LogP contribution in [-0.2, 0) is 10.0 Å². The van der Waals surface area contributed by atoms with Gasteiger partial charge in [-0.05, 0) is 50.1 Å². The molecule has 0 aliphatic rings. The van der Waals surface area contributed by atoms with E-state index in [4.69, 9.17) is 9.52 Å². The van der Waals surface area contributed by atoms with Crippen molar-refractivity contribution in [2.24, 2.45) is 0 Å². The molecule has 1 aromatic heterocycles. The molecular formula is C19H18N2O6S. The van der Waals surface area contributed by atoms with Crippen LogP contribution < -0.4 is 10.3 Å². The van der Waals surface area contributed by atoms with Gasteiger partial charge < -0.3 is 9.52 Å². The average molecular weight is 402 g/mol. The van der Waals surface area contributed by atoms with E-state index >= 15 is 0 Å². The molecule has 0 saturated heterocycles. The molecule has 3 N–H and O–H groups in total. The molecule has 2 aromatic carbocycles. The zero-order valence-corrected chi connectivity index (χ0v) is 16.2. The fraction of sp³-hybridized carbons (Fsp3) is 0.158. The van der Waals surface area contributed by atoms with Gasteiger partial charge in [0.25, 0.3) is 10.0 Å². The van der Waals surface area contributed by atoms with Gasteiger partial charge in [0.05, 0.1) is 10.5 Å². The van der Waals surface area contributed by atoms with Crippen molar-refractivity contribution >= 4 is 32.9 Å². The normalized spacial score (nSPS) is 11.5. The lowest BCUT2D eigenvalue weighted by atomic mass is 10.1. The van der Waals surface area contributed by atoms with Crippen LogP contribution in [0.2, 0.25) is 0 Å². The number of carbonyl (C=O) groups is 2. The summed E-state index contributed by atoms with van der Waals surface area (Å²) in [6, 6.07) is 9.48. The van der Waals surface area contributed by atoms with Crippen molar-refractivity contribution in [3.63, 3.8) is 0 Å². The Bertz CT molecular complexity index is 1210. The Hall–Kier alpha value is -3.17. The topological polar surface area (TPSA) is 126 Å². The molecule has 0 unspecified atom stereocenters. The van der Waals surface area contributed by atoms with Crippen molar-refractivity contribution in [3.05, 3.63) is 64.4 Å². The summed E-state index contributed by atoms with van der Waals surface area (Å²) in [5, 5.41) is 9.91. The highest BCUT2D eigenvalue weighted by Crippen LogP contribution is 2.25. The van der Waals surface area contributed by atoms with Crippen LogP contribution >= 0.6 is 0 Å². The number of hydrazine groups is 1. The number of aryl methyl sites for hydroxylation is 2. The standard InChI is InChI=1S/C19H18N2O6S/c1-10-8-13(19(23)24)9-16(11(10)2)28(25,26)21-20-18(22)17-12(3)14-6-4-5-7-15(14)27-17/h4-9,21H,1-3H3,(H,20,22)(H,23,24). The first-order valence-corrected chi connectivity index (χ1v) is 9.75. The van der Waals surface area contributed by atoms with E-state index in [1.807, 2.05) is 4.83 Å². The van der Waals surface area contributed by atoms with Gasteiger partial charge in [-0.25, -0.2) is 13.2 Å².